The van der Waals surface area contributed by atoms with Gasteiger partial charge in [0.25, 0.3) is 0 Å². The summed E-state index contributed by atoms with van der Waals surface area (Å²) in [6, 6.07) is 3.12. The molecule has 0 atom stereocenters. The van der Waals surface area contributed by atoms with E-state index in [4.69, 9.17) is 4.74 Å². The minimum Gasteiger partial charge on any atom is -0.466 e. The fourth-order valence-corrected chi connectivity index (χ4v) is 1.30. The molecular weight excluding hydrogens is 236 g/mol. The number of esters is 2. The largest absolute Gasteiger partial charge is 0.466 e. The summed E-state index contributed by atoms with van der Waals surface area (Å²) in [7, 11) is 1.32. The first-order valence-electron chi connectivity index (χ1n) is 5.61. The molecule has 18 heavy (non-hydrogen) atoms. The Morgan fingerprint density at radius 2 is 2.22 bits per heavy atom. The second-order valence-electron chi connectivity index (χ2n) is 3.40. The van der Waals surface area contributed by atoms with Crippen molar-refractivity contribution in [1.82, 2.24) is 4.98 Å². The van der Waals surface area contributed by atoms with Gasteiger partial charge in [0.15, 0.2) is 0 Å². The van der Waals surface area contributed by atoms with E-state index in [1.807, 2.05) is 0 Å². The Bertz CT molecular complexity index is 420. The summed E-state index contributed by atoms with van der Waals surface area (Å²) in [4.78, 5) is 26.4. The number of nitrogens with one attached hydrogen (secondary N) is 1. The number of aromatic nitrogens is 1. The van der Waals surface area contributed by atoms with Gasteiger partial charge in [0.1, 0.15) is 5.82 Å². The minimum absolute atomic E-state index is 0.248. The molecule has 0 radical (unpaired) electrons. The van der Waals surface area contributed by atoms with Gasteiger partial charge in [-0.05, 0) is 19.1 Å². The highest BCUT2D eigenvalue weighted by Gasteiger charge is 2.06. The summed E-state index contributed by atoms with van der Waals surface area (Å²) in [6.45, 7) is 2.53. The number of anilines is 1. The van der Waals surface area contributed by atoms with Gasteiger partial charge in [-0.15, -0.1) is 0 Å². The quantitative estimate of drug-likeness (QED) is 0.767. The Labute approximate surface area is 105 Å². The van der Waals surface area contributed by atoms with Crippen LogP contribution in [0.2, 0.25) is 0 Å². The summed E-state index contributed by atoms with van der Waals surface area (Å²) < 4.78 is 9.38. The van der Waals surface area contributed by atoms with E-state index in [1.54, 1.807) is 19.1 Å². The predicted molar refractivity (Wildman–Crippen MR) is 65.3 cm³/mol. The Hall–Kier alpha value is -2.11. The van der Waals surface area contributed by atoms with Crippen LogP contribution in [0, 0.1) is 0 Å². The lowest BCUT2D eigenvalue weighted by Gasteiger charge is -2.06. The molecule has 0 aromatic carbocycles. The molecule has 0 amide bonds. The van der Waals surface area contributed by atoms with Crippen LogP contribution < -0.4 is 5.32 Å². The molecule has 0 spiro atoms. The second-order valence-corrected chi connectivity index (χ2v) is 3.40. The number of hydrogen-bond donors (Lipinski definition) is 1. The third-order valence-electron chi connectivity index (χ3n) is 2.12. The third-order valence-corrected chi connectivity index (χ3v) is 2.12. The van der Waals surface area contributed by atoms with Crippen molar-refractivity contribution in [2.24, 2.45) is 0 Å². The molecule has 1 aromatic rings. The number of pyridine rings is 1. The maximum atomic E-state index is 11.3. The minimum atomic E-state index is -0.425. The molecule has 0 aliphatic heterocycles. The van der Waals surface area contributed by atoms with Crippen LogP contribution in [0.15, 0.2) is 18.3 Å². The van der Waals surface area contributed by atoms with Crippen molar-refractivity contribution in [1.29, 1.82) is 0 Å². The molecule has 0 saturated carbocycles. The first kappa shape index (κ1) is 14.0. The Balaban J connectivity index is 2.47. The number of carbonyl (C=O) groups excluding carboxylic acids is 2. The zero-order valence-corrected chi connectivity index (χ0v) is 10.4. The molecule has 0 fully saturated rings. The van der Waals surface area contributed by atoms with E-state index in [2.05, 4.69) is 15.0 Å². The van der Waals surface area contributed by atoms with E-state index in [0.717, 1.165) is 0 Å². The fraction of sp³-hybridized carbons (Fsp3) is 0.417. The van der Waals surface area contributed by atoms with Crippen LogP contribution in [0.25, 0.3) is 0 Å². The molecule has 1 N–H and O–H groups in total. The van der Waals surface area contributed by atoms with Gasteiger partial charge in [-0.2, -0.15) is 0 Å². The summed E-state index contributed by atoms with van der Waals surface area (Å²) in [5.41, 5.74) is 0.408. The van der Waals surface area contributed by atoms with Crippen LogP contribution in [0.3, 0.4) is 0 Å². The lowest BCUT2D eigenvalue weighted by molar-refractivity contribution is -0.142. The normalized spacial score (nSPS) is 9.67. The first-order chi connectivity index (χ1) is 8.67. The lowest BCUT2D eigenvalue weighted by Crippen LogP contribution is -2.12. The summed E-state index contributed by atoms with van der Waals surface area (Å²) in [5, 5.41) is 2.93. The summed E-state index contributed by atoms with van der Waals surface area (Å²) in [6.07, 6.45) is 1.75. The zero-order valence-electron chi connectivity index (χ0n) is 10.4. The predicted octanol–water partition coefficient (Wildman–Crippen LogP) is 1.23. The number of nitrogens with zero attached hydrogens (tertiary/aromatic N) is 1. The average Bonchev–Trinajstić information content (AvgIpc) is 2.38. The summed E-state index contributed by atoms with van der Waals surface area (Å²) >= 11 is 0. The van der Waals surface area contributed by atoms with Gasteiger partial charge in [0, 0.05) is 12.7 Å². The summed E-state index contributed by atoms with van der Waals surface area (Å²) in [5.74, 6) is -0.179. The van der Waals surface area contributed by atoms with Crippen LogP contribution in [0.5, 0.6) is 0 Å². The maximum Gasteiger partial charge on any atom is 0.338 e. The van der Waals surface area contributed by atoms with E-state index in [0.29, 0.717) is 24.5 Å². The highest BCUT2D eigenvalue weighted by atomic mass is 16.5. The van der Waals surface area contributed by atoms with Crippen molar-refractivity contribution in [3.63, 3.8) is 0 Å². The van der Waals surface area contributed by atoms with Crippen molar-refractivity contribution in [3.8, 4) is 0 Å². The van der Waals surface area contributed by atoms with Crippen molar-refractivity contribution >= 4 is 17.8 Å². The number of carbonyl (C=O) groups is 2. The van der Waals surface area contributed by atoms with Crippen LogP contribution >= 0.6 is 0 Å². The second kappa shape index (κ2) is 7.26. The Morgan fingerprint density at radius 1 is 1.44 bits per heavy atom. The van der Waals surface area contributed by atoms with Crippen LogP contribution in [0.4, 0.5) is 5.82 Å². The van der Waals surface area contributed by atoms with E-state index >= 15 is 0 Å². The highest BCUT2D eigenvalue weighted by molar-refractivity contribution is 5.89. The number of rotatable bonds is 6. The van der Waals surface area contributed by atoms with Crippen LogP contribution in [-0.4, -0.2) is 37.2 Å². The molecule has 6 heteroatoms. The Kier molecular flexibility index (Phi) is 5.63. The molecule has 1 aromatic heterocycles. The van der Waals surface area contributed by atoms with Crippen LogP contribution in [-0.2, 0) is 14.3 Å². The molecule has 1 heterocycles. The highest BCUT2D eigenvalue weighted by Crippen LogP contribution is 2.07. The van der Waals surface area contributed by atoms with E-state index in [9.17, 15) is 9.59 Å². The van der Waals surface area contributed by atoms with Crippen molar-refractivity contribution < 1.29 is 19.1 Å². The van der Waals surface area contributed by atoms with E-state index in [1.165, 1.54) is 13.3 Å². The lowest BCUT2D eigenvalue weighted by atomic mass is 10.2. The molecule has 0 aliphatic rings. The monoisotopic (exact) mass is 252 g/mol. The van der Waals surface area contributed by atoms with Gasteiger partial charge >= 0.3 is 11.9 Å². The smallest absolute Gasteiger partial charge is 0.338 e. The van der Waals surface area contributed by atoms with Crippen molar-refractivity contribution in [2.45, 2.75) is 13.3 Å². The van der Waals surface area contributed by atoms with E-state index in [-0.39, 0.29) is 12.4 Å². The number of methoxy groups -OCH3 is 1. The number of ether oxygens (including phenoxy) is 2. The molecule has 98 valence electrons. The third kappa shape index (κ3) is 4.40. The molecule has 6 nitrogen and oxygen atoms in total. The molecule has 0 saturated heterocycles. The fourth-order valence-electron chi connectivity index (χ4n) is 1.30. The van der Waals surface area contributed by atoms with Gasteiger partial charge in [0.2, 0.25) is 0 Å². The molecule has 0 bridgehead atoms. The number of hydrogen-bond acceptors (Lipinski definition) is 6. The molecule has 1 rings (SSSR count). The van der Waals surface area contributed by atoms with Crippen molar-refractivity contribution in [3.05, 3.63) is 23.9 Å². The van der Waals surface area contributed by atoms with Gasteiger partial charge in [-0.25, -0.2) is 9.78 Å². The Morgan fingerprint density at radius 3 is 2.89 bits per heavy atom. The van der Waals surface area contributed by atoms with Gasteiger partial charge in [-0.3, -0.25) is 4.79 Å². The van der Waals surface area contributed by atoms with Crippen molar-refractivity contribution in [2.75, 3.05) is 25.6 Å². The zero-order chi connectivity index (χ0) is 13.4. The molecular formula is C12H16N2O4. The SMILES string of the molecule is CCOC(=O)CCNc1cc(C(=O)OC)ccn1. The van der Waals surface area contributed by atoms with Gasteiger partial charge in [-0.1, -0.05) is 0 Å². The molecule has 0 unspecified atom stereocenters. The van der Waals surface area contributed by atoms with Gasteiger partial charge < -0.3 is 14.8 Å². The maximum absolute atomic E-state index is 11.3. The standard InChI is InChI=1S/C12H16N2O4/c1-3-18-11(15)5-7-14-10-8-9(4-6-13-10)12(16)17-2/h4,6,8H,3,5,7H2,1-2H3,(H,13,14). The first-order valence-corrected chi connectivity index (χ1v) is 5.61. The van der Waals surface area contributed by atoms with Crippen LogP contribution in [0.1, 0.15) is 23.7 Å². The topological polar surface area (TPSA) is 77.5 Å². The average molecular weight is 252 g/mol. The van der Waals surface area contributed by atoms with E-state index < -0.39 is 5.97 Å². The molecule has 0 aliphatic carbocycles. The van der Waals surface area contributed by atoms with Gasteiger partial charge in [0.05, 0.1) is 25.7 Å².